The Balaban J connectivity index is 3.96. The summed E-state index contributed by atoms with van der Waals surface area (Å²) >= 11 is 0. The molecular weight excluding hydrogens is 248 g/mol. The fourth-order valence-electron chi connectivity index (χ4n) is 0.817. The molecule has 2 atom stereocenters. The van der Waals surface area contributed by atoms with Crippen molar-refractivity contribution in [3.63, 3.8) is 0 Å². The van der Waals surface area contributed by atoms with Crippen molar-refractivity contribution in [2.24, 2.45) is 0 Å². The van der Waals surface area contributed by atoms with Crippen LogP contribution in [-0.2, 0) is 28.7 Å². The molecule has 0 aromatic carbocycles. The molecule has 8 heteroatoms. The van der Waals surface area contributed by atoms with Crippen LogP contribution in [0.25, 0.3) is 0 Å². The molecule has 2 N–H and O–H groups in total. The van der Waals surface area contributed by atoms with Gasteiger partial charge < -0.3 is 19.7 Å². The monoisotopic (exact) mass is 262 g/mol. The summed E-state index contributed by atoms with van der Waals surface area (Å²) < 4.78 is 8.90. The van der Waals surface area contributed by atoms with Crippen molar-refractivity contribution >= 4 is 23.9 Å². The molecule has 0 aliphatic carbocycles. The van der Waals surface area contributed by atoms with Crippen molar-refractivity contribution in [2.45, 2.75) is 38.9 Å². The average Bonchev–Trinajstić information content (AvgIpc) is 2.25. The first-order valence-electron chi connectivity index (χ1n) is 5.08. The molecule has 0 radical (unpaired) electrons. The van der Waals surface area contributed by atoms with Crippen molar-refractivity contribution in [1.29, 1.82) is 0 Å². The van der Waals surface area contributed by atoms with Crippen LogP contribution in [0.1, 0.15) is 26.7 Å². The minimum Gasteiger partial charge on any atom is -0.479 e. The Bertz CT molecular complexity index is 314. The molecule has 0 aliphatic heterocycles. The molecule has 0 fully saturated rings. The first-order valence-corrected chi connectivity index (χ1v) is 5.08. The molecule has 0 aromatic heterocycles. The lowest BCUT2D eigenvalue weighted by Crippen LogP contribution is -2.26. The standard InChI is InChI=1S/C10H14O8/c1-5(9(13)14)17-7(11)3-4-8(12)18-6(2)10(15)16/h5-6H,3-4H2,1-2H3,(H,13,14)(H,15,16)/t5-,6-/m0/s1. The van der Waals surface area contributed by atoms with Crippen LogP contribution in [-0.4, -0.2) is 46.3 Å². The second-order valence-electron chi connectivity index (χ2n) is 3.44. The van der Waals surface area contributed by atoms with E-state index in [0.29, 0.717) is 0 Å². The van der Waals surface area contributed by atoms with E-state index in [9.17, 15) is 19.2 Å². The molecule has 0 unspecified atom stereocenters. The second kappa shape index (κ2) is 7.25. The predicted octanol–water partition coefficient (Wildman–Crippen LogP) is -0.201. The number of esters is 2. The summed E-state index contributed by atoms with van der Waals surface area (Å²) in [6, 6.07) is 0. The molecule has 0 aromatic rings. The highest BCUT2D eigenvalue weighted by molar-refractivity contribution is 5.82. The van der Waals surface area contributed by atoms with E-state index in [1.807, 2.05) is 0 Å². The van der Waals surface area contributed by atoms with Crippen molar-refractivity contribution in [3.05, 3.63) is 0 Å². The van der Waals surface area contributed by atoms with E-state index in [0.717, 1.165) is 0 Å². The summed E-state index contributed by atoms with van der Waals surface area (Å²) in [4.78, 5) is 42.9. The van der Waals surface area contributed by atoms with Gasteiger partial charge in [-0.05, 0) is 13.8 Å². The molecule has 0 bridgehead atoms. The lowest BCUT2D eigenvalue weighted by molar-refractivity contribution is -0.166. The molecule has 0 heterocycles. The van der Waals surface area contributed by atoms with Gasteiger partial charge in [-0.15, -0.1) is 0 Å². The molecule has 8 nitrogen and oxygen atoms in total. The van der Waals surface area contributed by atoms with Crippen LogP contribution in [0.5, 0.6) is 0 Å². The molecule has 0 saturated carbocycles. The third-order valence-corrected chi connectivity index (χ3v) is 1.85. The lowest BCUT2D eigenvalue weighted by Gasteiger charge is -2.10. The van der Waals surface area contributed by atoms with Gasteiger partial charge in [-0.3, -0.25) is 9.59 Å². The van der Waals surface area contributed by atoms with E-state index in [4.69, 9.17) is 10.2 Å². The number of carbonyl (C=O) groups is 4. The maximum absolute atomic E-state index is 11.1. The Hall–Kier alpha value is -2.12. The van der Waals surface area contributed by atoms with Crippen LogP contribution >= 0.6 is 0 Å². The number of hydrogen-bond acceptors (Lipinski definition) is 6. The average molecular weight is 262 g/mol. The first-order chi connectivity index (χ1) is 8.23. The summed E-state index contributed by atoms with van der Waals surface area (Å²) in [7, 11) is 0. The molecular formula is C10H14O8. The van der Waals surface area contributed by atoms with Crippen molar-refractivity contribution in [2.75, 3.05) is 0 Å². The van der Waals surface area contributed by atoms with E-state index < -0.39 is 36.1 Å². The maximum Gasteiger partial charge on any atom is 0.344 e. The van der Waals surface area contributed by atoms with Gasteiger partial charge >= 0.3 is 23.9 Å². The van der Waals surface area contributed by atoms with E-state index in [1.165, 1.54) is 13.8 Å². The van der Waals surface area contributed by atoms with E-state index in [-0.39, 0.29) is 12.8 Å². The highest BCUT2D eigenvalue weighted by Gasteiger charge is 2.19. The minimum absolute atomic E-state index is 0.372. The summed E-state index contributed by atoms with van der Waals surface area (Å²) in [6.45, 7) is 2.34. The van der Waals surface area contributed by atoms with Crippen LogP contribution in [0.4, 0.5) is 0 Å². The maximum atomic E-state index is 11.1. The third-order valence-electron chi connectivity index (χ3n) is 1.85. The molecule has 0 saturated heterocycles. The van der Waals surface area contributed by atoms with Crippen molar-refractivity contribution in [3.8, 4) is 0 Å². The first kappa shape index (κ1) is 15.9. The highest BCUT2D eigenvalue weighted by atomic mass is 16.6. The van der Waals surface area contributed by atoms with Gasteiger partial charge in [0, 0.05) is 0 Å². The van der Waals surface area contributed by atoms with Crippen LogP contribution in [0.3, 0.4) is 0 Å². The Kier molecular flexibility index (Phi) is 6.40. The predicted molar refractivity (Wildman–Crippen MR) is 55.6 cm³/mol. The van der Waals surface area contributed by atoms with Crippen molar-refractivity contribution < 1.29 is 38.9 Å². The fourth-order valence-corrected chi connectivity index (χ4v) is 0.817. The zero-order valence-electron chi connectivity index (χ0n) is 9.91. The molecule has 102 valence electrons. The largest absolute Gasteiger partial charge is 0.479 e. The van der Waals surface area contributed by atoms with Gasteiger partial charge in [0.2, 0.25) is 0 Å². The quantitative estimate of drug-likeness (QED) is 0.604. The van der Waals surface area contributed by atoms with Gasteiger partial charge in [0.05, 0.1) is 12.8 Å². The van der Waals surface area contributed by atoms with Crippen LogP contribution < -0.4 is 0 Å². The smallest absolute Gasteiger partial charge is 0.344 e. The summed E-state index contributed by atoms with van der Waals surface area (Å²) in [6.07, 6.45) is -3.34. The Morgan fingerprint density at radius 3 is 1.33 bits per heavy atom. The van der Waals surface area contributed by atoms with Gasteiger partial charge in [-0.1, -0.05) is 0 Å². The van der Waals surface area contributed by atoms with Gasteiger partial charge in [-0.25, -0.2) is 9.59 Å². The lowest BCUT2D eigenvalue weighted by atomic mass is 10.3. The number of carboxylic acids is 2. The number of carboxylic acid groups (broad SMARTS) is 2. The zero-order chi connectivity index (χ0) is 14.3. The number of aliphatic carboxylic acids is 2. The topological polar surface area (TPSA) is 127 Å². The van der Waals surface area contributed by atoms with Gasteiger partial charge in [0.15, 0.2) is 12.2 Å². The van der Waals surface area contributed by atoms with Gasteiger partial charge in [-0.2, -0.15) is 0 Å². The molecule has 0 spiro atoms. The van der Waals surface area contributed by atoms with Crippen molar-refractivity contribution in [1.82, 2.24) is 0 Å². The Labute approximate surface area is 102 Å². The minimum atomic E-state index is -1.30. The summed E-state index contributed by atoms with van der Waals surface area (Å²) in [5.41, 5.74) is 0. The van der Waals surface area contributed by atoms with Crippen LogP contribution in [0, 0.1) is 0 Å². The van der Waals surface area contributed by atoms with E-state index in [1.54, 1.807) is 0 Å². The van der Waals surface area contributed by atoms with E-state index in [2.05, 4.69) is 9.47 Å². The molecule has 0 aliphatic rings. The van der Waals surface area contributed by atoms with Gasteiger partial charge in [0.25, 0.3) is 0 Å². The summed E-state index contributed by atoms with van der Waals surface area (Å²) in [5, 5.41) is 16.9. The Morgan fingerprint density at radius 2 is 1.11 bits per heavy atom. The molecule has 0 rings (SSSR count). The highest BCUT2D eigenvalue weighted by Crippen LogP contribution is 2.02. The zero-order valence-corrected chi connectivity index (χ0v) is 9.91. The normalized spacial score (nSPS) is 13.2. The molecule has 18 heavy (non-hydrogen) atoms. The van der Waals surface area contributed by atoms with Gasteiger partial charge in [0.1, 0.15) is 0 Å². The Morgan fingerprint density at radius 1 is 0.833 bits per heavy atom. The third kappa shape index (κ3) is 6.46. The number of rotatable bonds is 7. The van der Waals surface area contributed by atoms with E-state index >= 15 is 0 Å². The summed E-state index contributed by atoms with van der Waals surface area (Å²) in [5.74, 6) is -4.34. The number of carbonyl (C=O) groups excluding carboxylic acids is 2. The molecule has 0 amide bonds. The van der Waals surface area contributed by atoms with Crippen LogP contribution in [0.15, 0.2) is 0 Å². The fraction of sp³-hybridized carbons (Fsp3) is 0.600. The van der Waals surface area contributed by atoms with Crippen LogP contribution in [0.2, 0.25) is 0 Å². The number of hydrogen-bond donors (Lipinski definition) is 2. The number of ether oxygens (including phenoxy) is 2. The SMILES string of the molecule is C[C@H](OC(=O)CCC(=O)O[C@@H](C)C(=O)O)C(=O)O. The second-order valence-corrected chi connectivity index (χ2v) is 3.44.